The monoisotopic (exact) mass is 1130 g/mol. The number of fused-ring (bicyclic) bond motifs is 2. The van der Waals surface area contributed by atoms with Crippen molar-refractivity contribution in [3.63, 3.8) is 0 Å². The first-order chi connectivity index (χ1) is 39.5. The van der Waals surface area contributed by atoms with E-state index in [9.17, 15) is 28.8 Å². The second kappa shape index (κ2) is 34.6. The molecule has 16 nitrogen and oxygen atoms in total. The summed E-state index contributed by atoms with van der Waals surface area (Å²) in [6, 6.07) is 18.9. The lowest BCUT2D eigenvalue weighted by Gasteiger charge is -2.21. The number of benzene rings is 3. The number of ketones is 2. The average Bonchev–Trinajstić information content (AvgIpc) is 4.05. The Hall–Kier alpha value is -6.84. The van der Waals surface area contributed by atoms with Crippen LogP contribution >= 0.6 is 0 Å². The number of hydrogen-bond donors (Lipinski definition) is 2. The van der Waals surface area contributed by atoms with Crippen LogP contribution in [0.1, 0.15) is 202 Å². The van der Waals surface area contributed by atoms with E-state index in [2.05, 4.69) is 9.13 Å². The minimum atomic E-state index is -1.04. The molecule has 2 heterocycles. The van der Waals surface area contributed by atoms with Gasteiger partial charge in [0.1, 0.15) is 11.5 Å². The number of rotatable bonds is 42. The highest BCUT2D eigenvalue weighted by atomic mass is 16.6. The molecular formula is C66H94N4O12. The molecule has 82 heavy (non-hydrogen) atoms. The molecule has 450 valence electrons. The van der Waals surface area contributed by atoms with Crippen molar-refractivity contribution in [2.24, 2.45) is 23.3 Å². The van der Waals surface area contributed by atoms with Crippen molar-refractivity contribution in [3.05, 3.63) is 83.2 Å². The van der Waals surface area contributed by atoms with Crippen LogP contribution in [-0.4, -0.2) is 83.1 Å². The fourth-order valence-corrected chi connectivity index (χ4v) is 10.8. The summed E-state index contributed by atoms with van der Waals surface area (Å²) in [6.07, 6.45) is 20.5. The number of carbonyl (C=O) groups is 6. The van der Waals surface area contributed by atoms with Gasteiger partial charge >= 0.3 is 11.9 Å². The van der Waals surface area contributed by atoms with Crippen molar-refractivity contribution < 1.29 is 57.2 Å². The van der Waals surface area contributed by atoms with Gasteiger partial charge in [-0.2, -0.15) is 0 Å². The Labute approximate surface area is 486 Å². The SMILES string of the molecule is CCOC(=O)C(Oc1cccc2c1c(C(=O)C(N)=O)c(C)n2CCCCCCCCCCCCOc1ccccc1OCCCCCCCCCCCCn1c(C)c(C(=O)C(N)=O)c2c(OC(C(=O)OCC)C(C)C)cccc21)C(C)C. The van der Waals surface area contributed by atoms with Gasteiger partial charge in [0, 0.05) is 36.3 Å². The van der Waals surface area contributed by atoms with Gasteiger partial charge in [-0.05, 0) is 89.8 Å². The Balaban J connectivity index is 0.906. The van der Waals surface area contributed by atoms with E-state index in [0.29, 0.717) is 60.0 Å². The normalized spacial score (nSPS) is 12.2. The van der Waals surface area contributed by atoms with Crippen molar-refractivity contribution in [2.45, 2.75) is 209 Å². The van der Waals surface area contributed by atoms with Crippen LogP contribution in [0.15, 0.2) is 60.7 Å². The van der Waals surface area contributed by atoms with Crippen molar-refractivity contribution in [1.29, 1.82) is 0 Å². The van der Waals surface area contributed by atoms with Gasteiger partial charge in [-0.15, -0.1) is 0 Å². The molecule has 0 bridgehead atoms. The maximum absolute atomic E-state index is 13.2. The predicted octanol–water partition coefficient (Wildman–Crippen LogP) is 13.4. The second-order valence-corrected chi connectivity index (χ2v) is 22.2. The number of amides is 2. The molecule has 4 N–H and O–H groups in total. The molecule has 0 aliphatic rings. The molecule has 0 aliphatic carbocycles. The zero-order valence-electron chi connectivity index (χ0n) is 50.4. The summed E-state index contributed by atoms with van der Waals surface area (Å²) < 4.78 is 39.4. The lowest BCUT2D eigenvalue weighted by atomic mass is 10.0. The summed E-state index contributed by atoms with van der Waals surface area (Å²) in [5.74, 6) is -2.66. The van der Waals surface area contributed by atoms with E-state index in [1.54, 1.807) is 26.0 Å². The molecule has 5 rings (SSSR count). The van der Waals surface area contributed by atoms with Gasteiger partial charge in [-0.3, -0.25) is 19.2 Å². The third kappa shape index (κ3) is 18.9. The first kappa shape index (κ1) is 66.0. The molecule has 3 aromatic carbocycles. The Morgan fingerprint density at radius 1 is 0.427 bits per heavy atom. The lowest BCUT2D eigenvalue weighted by Crippen LogP contribution is -2.34. The Kier molecular flexibility index (Phi) is 27.8. The van der Waals surface area contributed by atoms with Crippen molar-refractivity contribution in [2.75, 3.05) is 26.4 Å². The van der Waals surface area contributed by atoms with E-state index in [1.165, 1.54) is 51.4 Å². The lowest BCUT2D eigenvalue weighted by molar-refractivity contribution is -0.154. The highest BCUT2D eigenvalue weighted by Crippen LogP contribution is 2.38. The smallest absolute Gasteiger partial charge is 0.347 e. The summed E-state index contributed by atoms with van der Waals surface area (Å²) in [7, 11) is 0. The van der Waals surface area contributed by atoms with Crippen molar-refractivity contribution in [1.82, 2.24) is 9.13 Å². The molecule has 2 unspecified atom stereocenters. The molecule has 5 aromatic rings. The van der Waals surface area contributed by atoms with E-state index >= 15 is 0 Å². The minimum absolute atomic E-state index is 0.190. The molecule has 0 aliphatic heterocycles. The number of aromatic nitrogens is 2. The molecule has 0 saturated heterocycles. The van der Waals surface area contributed by atoms with Crippen molar-refractivity contribution in [3.8, 4) is 23.0 Å². The second-order valence-electron chi connectivity index (χ2n) is 22.2. The van der Waals surface area contributed by atoms with Crippen molar-refractivity contribution >= 4 is 57.1 Å². The number of unbranched alkanes of at least 4 members (excludes halogenated alkanes) is 18. The van der Waals surface area contributed by atoms with Crippen LogP contribution in [0.2, 0.25) is 0 Å². The van der Waals surface area contributed by atoms with E-state index in [-0.39, 0.29) is 36.2 Å². The molecule has 16 heteroatoms. The molecule has 2 aromatic heterocycles. The standard InChI is InChI=1S/C66H94N4O12/c1-9-77-65(75)61(45(3)4)81-53-39-33-35-49-57(53)55(59(71)63(67)73)47(7)69(49)41-29-23-19-15-11-13-17-21-25-31-43-79-51-37-27-28-38-52(51)80-44-32-26-22-18-14-12-16-20-24-30-42-70-48(8)56(60(72)64(68)74)58-50(70)36-34-40-54(58)82-62(46(5)6)66(76)78-10-2/h27-28,33-40,45-46,61-62H,9-26,29-32,41-44H2,1-8H3,(H2,67,73)(H2,68,74). The van der Waals surface area contributed by atoms with Gasteiger partial charge in [0.25, 0.3) is 23.4 Å². The summed E-state index contributed by atoms with van der Waals surface area (Å²) in [5.41, 5.74) is 14.3. The van der Waals surface area contributed by atoms with Crippen LogP contribution < -0.4 is 30.4 Å². The number of nitrogens with two attached hydrogens (primary N) is 2. The third-order valence-corrected chi connectivity index (χ3v) is 15.2. The zero-order chi connectivity index (χ0) is 59.6. The first-order valence-electron chi connectivity index (χ1n) is 30.5. The van der Waals surface area contributed by atoms with Gasteiger partial charge in [0.2, 0.25) is 0 Å². The number of para-hydroxylation sites is 2. The molecule has 2 amide bonds. The highest BCUT2D eigenvalue weighted by molar-refractivity contribution is 6.45. The average molecular weight is 1140 g/mol. The number of hydrogen-bond acceptors (Lipinski definition) is 12. The first-order valence-corrected chi connectivity index (χ1v) is 30.5. The molecule has 2 atom stereocenters. The van der Waals surface area contributed by atoms with E-state index in [4.69, 9.17) is 39.9 Å². The van der Waals surface area contributed by atoms with Crippen LogP contribution in [0.25, 0.3) is 21.8 Å². The van der Waals surface area contributed by atoms with Gasteiger partial charge in [0.05, 0.1) is 59.4 Å². The Morgan fingerprint density at radius 3 is 1.04 bits per heavy atom. The Bertz CT molecular complexity index is 2670. The van der Waals surface area contributed by atoms with E-state index < -0.39 is 47.5 Å². The quantitative estimate of drug-likeness (QED) is 0.0161. The largest absolute Gasteiger partial charge is 0.490 e. The van der Waals surface area contributed by atoms with E-state index in [1.807, 2.05) is 90.1 Å². The summed E-state index contributed by atoms with van der Waals surface area (Å²) in [5, 5.41) is 0.983. The van der Waals surface area contributed by atoms with Crippen LogP contribution in [0.4, 0.5) is 0 Å². The molecule has 0 spiro atoms. The van der Waals surface area contributed by atoms with Gasteiger partial charge in [-0.1, -0.05) is 155 Å². The van der Waals surface area contributed by atoms with Gasteiger partial charge < -0.3 is 49.0 Å². The number of nitrogens with zero attached hydrogens (tertiary/aromatic N) is 2. The van der Waals surface area contributed by atoms with Crippen LogP contribution in [0, 0.1) is 25.7 Å². The minimum Gasteiger partial charge on any atom is -0.490 e. The third-order valence-electron chi connectivity index (χ3n) is 15.2. The molecule has 0 radical (unpaired) electrons. The topological polar surface area (TPSA) is 220 Å². The van der Waals surface area contributed by atoms with Crippen LogP contribution in [-0.2, 0) is 41.7 Å². The maximum Gasteiger partial charge on any atom is 0.347 e. The zero-order valence-corrected chi connectivity index (χ0v) is 50.4. The Morgan fingerprint density at radius 2 is 0.732 bits per heavy atom. The fraction of sp³-hybridized carbons (Fsp3) is 0.576. The number of aryl methyl sites for hydroxylation is 2. The number of esters is 2. The summed E-state index contributed by atoms with van der Waals surface area (Å²) in [6.45, 7) is 17.7. The number of primary amides is 2. The van der Waals surface area contributed by atoms with Gasteiger partial charge in [-0.25, -0.2) is 9.59 Å². The number of Topliss-reactive ketones (excluding diaryl/α,β-unsaturated/α-hetero) is 2. The maximum atomic E-state index is 13.2. The molecule has 0 saturated carbocycles. The number of carbonyl (C=O) groups excluding carboxylic acids is 6. The molecule has 0 fully saturated rings. The number of ether oxygens (including phenoxy) is 6. The highest BCUT2D eigenvalue weighted by Gasteiger charge is 2.32. The van der Waals surface area contributed by atoms with Crippen LogP contribution in [0.3, 0.4) is 0 Å². The van der Waals surface area contributed by atoms with Crippen LogP contribution in [0.5, 0.6) is 23.0 Å². The van der Waals surface area contributed by atoms with E-state index in [0.717, 1.165) is 99.6 Å². The summed E-state index contributed by atoms with van der Waals surface area (Å²) >= 11 is 0. The summed E-state index contributed by atoms with van der Waals surface area (Å²) in [4.78, 5) is 76.2. The van der Waals surface area contributed by atoms with Gasteiger partial charge in [0.15, 0.2) is 23.7 Å². The molecular weight excluding hydrogens is 1040 g/mol. The predicted molar refractivity (Wildman–Crippen MR) is 322 cm³/mol. The fourth-order valence-electron chi connectivity index (χ4n) is 10.8.